The van der Waals surface area contributed by atoms with Crippen LogP contribution in [0.1, 0.15) is 11.3 Å². The van der Waals surface area contributed by atoms with Crippen LogP contribution in [-0.2, 0) is 13.0 Å². The quantitative estimate of drug-likeness (QED) is 0.629. The standard InChI is InChI=1S/C16H16N4S/c17-6-4-12-2-1-3-15-14(12)5-7-19(15)10-13-11-20-8-9-21-16(20)18-13/h1-3,5,7-9,11H,4,6,10,17H2. The Morgan fingerprint density at radius 3 is 3.00 bits per heavy atom. The molecule has 0 fully saturated rings. The van der Waals surface area contributed by atoms with E-state index in [1.165, 1.54) is 16.5 Å². The predicted octanol–water partition coefficient (Wildman–Crippen LogP) is 2.90. The van der Waals surface area contributed by atoms with Crippen molar-refractivity contribution in [3.05, 3.63) is 59.5 Å². The summed E-state index contributed by atoms with van der Waals surface area (Å²) in [6.45, 7) is 1.48. The van der Waals surface area contributed by atoms with Crippen molar-refractivity contribution in [2.24, 2.45) is 5.73 Å². The lowest BCUT2D eigenvalue weighted by atomic mass is 10.1. The Morgan fingerprint density at radius 1 is 1.19 bits per heavy atom. The molecule has 4 aromatic rings. The summed E-state index contributed by atoms with van der Waals surface area (Å²) < 4.78 is 4.33. The van der Waals surface area contributed by atoms with Crippen molar-refractivity contribution in [3.8, 4) is 0 Å². The minimum absolute atomic E-state index is 0.682. The monoisotopic (exact) mass is 296 g/mol. The van der Waals surface area contributed by atoms with Gasteiger partial charge in [0, 0.05) is 34.9 Å². The van der Waals surface area contributed by atoms with E-state index in [0.29, 0.717) is 6.54 Å². The zero-order valence-electron chi connectivity index (χ0n) is 11.6. The van der Waals surface area contributed by atoms with E-state index >= 15 is 0 Å². The fourth-order valence-corrected chi connectivity index (χ4v) is 3.54. The molecule has 0 atom stereocenters. The van der Waals surface area contributed by atoms with Gasteiger partial charge in [-0.1, -0.05) is 12.1 Å². The van der Waals surface area contributed by atoms with E-state index in [4.69, 9.17) is 5.73 Å². The highest BCUT2D eigenvalue weighted by molar-refractivity contribution is 7.15. The molecule has 0 radical (unpaired) electrons. The number of aromatic nitrogens is 3. The van der Waals surface area contributed by atoms with Crippen LogP contribution in [0.5, 0.6) is 0 Å². The molecule has 2 N–H and O–H groups in total. The summed E-state index contributed by atoms with van der Waals surface area (Å²) in [4.78, 5) is 5.70. The predicted molar refractivity (Wildman–Crippen MR) is 86.9 cm³/mol. The molecule has 3 aromatic heterocycles. The van der Waals surface area contributed by atoms with Gasteiger partial charge in [-0.05, 0) is 30.7 Å². The minimum Gasteiger partial charge on any atom is -0.341 e. The number of imidazole rings is 1. The normalized spacial score (nSPS) is 11.7. The second kappa shape index (κ2) is 5.02. The van der Waals surface area contributed by atoms with Crippen LogP contribution in [-0.4, -0.2) is 20.5 Å². The molecule has 3 heterocycles. The Kier molecular flexibility index (Phi) is 3.02. The number of benzene rings is 1. The number of nitrogens with zero attached hydrogens (tertiary/aromatic N) is 3. The zero-order valence-corrected chi connectivity index (χ0v) is 12.4. The SMILES string of the molecule is NCCc1cccc2c1ccn2Cc1cn2ccsc2n1. The Bertz CT molecular complexity index is 871. The summed E-state index contributed by atoms with van der Waals surface area (Å²) in [6.07, 6.45) is 7.20. The van der Waals surface area contributed by atoms with E-state index in [1.807, 2.05) is 6.20 Å². The topological polar surface area (TPSA) is 48.2 Å². The maximum absolute atomic E-state index is 5.69. The molecule has 4 nitrogen and oxygen atoms in total. The van der Waals surface area contributed by atoms with Crippen LogP contribution in [0.2, 0.25) is 0 Å². The van der Waals surface area contributed by atoms with Crippen molar-refractivity contribution in [2.45, 2.75) is 13.0 Å². The van der Waals surface area contributed by atoms with Crippen LogP contribution in [0.4, 0.5) is 0 Å². The first-order valence-corrected chi connectivity index (χ1v) is 7.91. The molecular formula is C16H16N4S. The van der Waals surface area contributed by atoms with E-state index in [9.17, 15) is 0 Å². The molecule has 0 spiro atoms. The maximum atomic E-state index is 5.69. The minimum atomic E-state index is 0.682. The van der Waals surface area contributed by atoms with Gasteiger partial charge in [-0.25, -0.2) is 4.98 Å². The van der Waals surface area contributed by atoms with Gasteiger partial charge < -0.3 is 10.3 Å². The third kappa shape index (κ3) is 2.14. The lowest BCUT2D eigenvalue weighted by Crippen LogP contribution is -2.03. The highest BCUT2D eigenvalue weighted by Gasteiger charge is 2.08. The largest absolute Gasteiger partial charge is 0.341 e. The van der Waals surface area contributed by atoms with Crippen LogP contribution >= 0.6 is 11.3 Å². The highest BCUT2D eigenvalue weighted by Crippen LogP contribution is 2.22. The van der Waals surface area contributed by atoms with Crippen LogP contribution in [0.3, 0.4) is 0 Å². The number of fused-ring (bicyclic) bond motifs is 2. The molecule has 0 aliphatic heterocycles. The van der Waals surface area contributed by atoms with Crippen molar-refractivity contribution in [1.29, 1.82) is 0 Å². The van der Waals surface area contributed by atoms with Gasteiger partial charge in [-0.15, -0.1) is 11.3 Å². The summed E-state index contributed by atoms with van der Waals surface area (Å²) >= 11 is 1.66. The lowest BCUT2D eigenvalue weighted by Gasteiger charge is -2.05. The van der Waals surface area contributed by atoms with Crippen LogP contribution < -0.4 is 5.73 Å². The van der Waals surface area contributed by atoms with E-state index in [1.54, 1.807) is 11.3 Å². The number of thiazole rings is 1. The Balaban J connectivity index is 1.73. The first-order valence-electron chi connectivity index (χ1n) is 7.03. The summed E-state index contributed by atoms with van der Waals surface area (Å²) in [5.74, 6) is 0. The molecule has 0 bridgehead atoms. The van der Waals surface area contributed by atoms with E-state index in [-0.39, 0.29) is 0 Å². The summed E-state index contributed by atoms with van der Waals surface area (Å²) in [7, 11) is 0. The maximum Gasteiger partial charge on any atom is 0.193 e. The molecule has 5 heteroatoms. The number of hydrogen-bond donors (Lipinski definition) is 1. The first kappa shape index (κ1) is 12.6. The highest BCUT2D eigenvalue weighted by atomic mass is 32.1. The number of hydrogen-bond acceptors (Lipinski definition) is 3. The summed E-state index contributed by atoms with van der Waals surface area (Å²) in [5.41, 5.74) is 9.35. The average molecular weight is 296 g/mol. The van der Waals surface area contributed by atoms with Crippen molar-refractivity contribution in [1.82, 2.24) is 14.0 Å². The van der Waals surface area contributed by atoms with Crippen molar-refractivity contribution >= 4 is 27.2 Å². The molecule has 0 aliphatic carbocycles. The smallest absolute Gasteiger partial charge is 0.193 e. The van der Waals surface area contributed by atoms with Gasteiger partial charge >= 0.3 is 0 Å². The molecule has 0 unspecified atom stereocenters. The van der Waals surface area contributed by atoms with Gasteiger partial charge in [0.2, 0.25) is 0 Å². The number of rotatable bonds is 4. The molecule has 21 heavy (non-hydrogen) atoms. The Hall–Kier alpha value is -2.11. The molecule has 1 aromatic carbocycles. The molecule has 0 aliphatic rings. The number of nitrogens with two attached hydrogens (primary N) is 1. The van der Waals surface area contributed by atoms with Crippen LogP contribution in [0.25, 0.3) is 15.9 Å². The van der Waals surface area contributed by atoms with E-state index in [0.717, 1.165) is 23.6 Å². The molecule has 0 amide bonds. The van der Waals surface area contributed by atoms with Crippen molar-refractivity contribution in [3.63, 3.8) is 0 Å². The first-order chi connectivity index (χ1) is 10.3. The molecule has 0 saturated carbocycles. The van der Waals surface area contributed by atoms with E-state index < -0.39 is 0 Å². The third-order valence-corrected chi connectivity index (χ3v) is 4.56. The molecule has 4 rings (SSSR count). The second-order valence-corrected chi connectivity index (χ2v) is 6.03. The van der Waals surface area contributed by atoms with Gasteiger partial charge in [0.05, 0.1) is 12.2 Å². The van der Waals surface area contributed by atoms with Gasteiger partial charge in [-0.2, -0.15) is 0 Å². The van der Waals surface area contributed by atoms with Crippen molar-refractivity contribution < 1.29 is 0 Å². The lowest BCUT2D eigenvalue weighted by molar-refractivity contribution is 0.815. The zero-order chi connectivity index (χ0) is 14.2. The van der Waals surface area contributed by atoms with E-state index in [2.05, 4.69) is 56.0 Å². The third-order valence-electron chi connectivity index (χ3n) is 3.79. The fourth-order valence-electron chi connectivity index (χ4n) is 2.83. The van der Waals surface area contributed by atoms with Crippen LogP contribution in [0.15, 0.2) is 48.2 Å². The summed E-state index contributed by atoms with van der Waals surface area (Å²) in [5, 5.41) is 3.35. The molecule has 0 saturated heterocycles. The average Bonchev–Trinajstić information content (AvgIpc) is 3.15. The second-order valence-electron chi connectivity index (χ2n) is 5.16. The molecular weight excluding hydrogens is 280 g/mol. The summed E-state index contributed by atoms with van der Waals surface area (Å²) in [6, 6.07) is 8.61. The Labute approximate surface area is 126 Å². The van der Waals surface area contributed by atoms with Crippen molar-refractivity contribution in [2.75, 3.05) is 6.54 Å². The Morgan fingerprint density at radius 2 is 2.14 bits per heavy atom. The van der Waals surface area contributed by atoms with Gasteiger partial charge in [-0.3, -0.25) is 4.40 Å². The molecule has 106 valence electrons. The van der Waals surface area contributed by atoms with Crippen LogP contribution in [0, 0.1) is 0 Å². The van der Waals surface area contributed by atoms with Gasteiger partial charge in [0.15, 0.2) is 4.96 Å². The fraction of sp³-hybridized carbons (Fsp3) is 0.188. The van der Waals surface area contributed by atoms with Gasteiger partial charge in [0.25, 0.3) is 0 Å². The van der Waals surface area contributed by atoms with Gasteiger partial charge in [0.1, 0.15) is 0 Å².